The second-order valence-corrected chi connectivity index (χ2v) is 7.72. The summed E-state index contributed by atoms with van der Waals surface area (Å²) in [5.74, 6) is 0.347. The lowest BCUT2D eigenvalue weighted by molar-refractivity contribution is -0.116. The number of aliphatic imine (C=N–C) groups is 1. The molecule has 0 saturated carbocycles. The molecule has 1 aliphatic carbocycles. The van der Waals surface area contributed by atoms with E-state index in [1.165, 1.54) is 0 Å². The quantitative estimate of drug-likeness (QED) is 0.739. The highest BCUT2D eigenvalue weighted by Crippen LogP contribution is 2.49. The van der Waals surface area contributed by atoms with E-state index in [1.807, 2.05) is 43.3 Å². The zero-order valence-corrected chi connectivity index (χ0v) is 17.4. The molecule has 0 amide bonds. The van der Waals surface area contributed by atoms with Gasteiger partial charge in [-0.15, -0.1) is 0 Å². The van der Waals surface area contributed by atoms with E-state index in [4.69, 9.17) is 14.5 Å². The Bertz CT molecular complexity index is 1080. The highest BCUT2D eigenvalue weighted by atomic mass is 16.5. The molecule has 30 heavy (non-hydrogen) atoms. The van der Waals surface area contributed by atoms with Gasteiger partial charge in [0.05, 0.1) is 26.2 Å². The molecule has 2 aromatic carbocycles. The summed E-state index contributed by atoms with van der Waals surface area (Å²) >= 11 is 0. The molecule has 0 fully saturated rings. The molecular weight excluding hydrogens is 376 g/mol. The van der Waals surface area contributed by atoms with Crippen molar-refractivity contribution in [2.24, 2.45) is 10.9 Å². The van der Waals surface area contributed by atoms with Gasteiger partial charge in [0.25, 0.3) is 0 Å². The second-order valence-electron chi connectivity index (χ2n) is 7.72. The van der Waals surface area contributed by atoms with Crippen LogP contribution in [0.5, 0.6) is 11.5 Å². The molecule has 0 aromatic heterocycles. The molecule has 152 valence electrons. The molecule has 1 unspecified atom stereocenters. The van der Waals surface area contributed by atoms with Gasteiger partial charge >= 0.3 is 0 Å². The Morgan fingerprint density at radius 1 is 1.03 bits per heavy atom. The van der Waals surface area contributed by atoms with Crippen molar-refractivity contribution in [1.82, 2.24) is 0 Å². The van der Waals surface area contributed by atoms with E-state index < -0.39 is 11.8 Å². The number of para-hydroxylation sites is 1. The molecule has 2 aromatic rings. The molecule has 0 N–H and O–H groups in total. The van der Waals surface area contributed by atoms with Crippen molar-refractivity contribution in [2.45, 2.75) is 31.6 Å². The van der Waals surface area contributed by atoms with Crippen LogP contribution in [0.25, 0.3) is 0 Å². The first-order valence-corrected chi connectivity index (χ1v) is 10.1. The summed E-state index contributed by atoms with van der Waals surface area (Å²) in [5, 5.41) is 9.95. The van der Waals surface area contributed by atoms with Gasteiger partial charge in [-0.25, -0.2) is 0 Å². The predicted octanol–water partition coefficient (Wildman–Crippen LogP) is 4.80. The Kier molecular flexibility index (Phi) is 5.41. The number of nitrogens with zero attached hydrogens (tertiary/aromatic N) is 2. The fourth-order valence-electron chi connectivity index (χ4n) is 4.68. The topological polar surface area (TPSA) is 71.7 Å². The molecule has 5 heteroatoms. The van der Waals surface area contributed by atoms with Gasteiger partial charge in [-0.2, -0.15) is 5.26 Å². The van der Waals surface area contributed by atoms with Crippen molar-refractivity contribution in [1.29, 1.82) is 5.26 Å². The van der Waals surface area contributed by atoms with Gasteiger partial charge < -0.3 is 9.47 Å². The Morgan fingerprint density at radius 3 is 2.47 bits per heavy atom. The molecule has 1 heterocycles. The highest BCUT2D eigenvalue weighted by Gasteiger charge is 2.42. The van der Waals surface area contributed by atoms with Crippen LogP contribution >= 0.6 is 0 Å². The van der Waals surface area contributed by atoms with Crippen LogP contribution in [0.2, 0.25) is 0 Å². The van der Waals surface area contributed by atoms with Crippen LogP contribution in [0.4, 0.5) is 0 Å². The fourth-order valence-corrected chi connectivity index (χ4v) is 4.68. The molecule has 0 bridgehead atoms. The smallest absolute Gasteiger partial charge is 0.164 e. The van der Waals surface area contributed by atoms with Crippen LogP contribution in [-0.2, 0) is 4.79 Å². The van der Waals surface area contributed by atoms with E-state index in [2.05, 4.69) is 18.2 Å². The first-order chi connectivity index (χ1) is 14.6. The maximum Gasteiger partial charge on any atom is 0.164 e. The Balaban J connectivity index is 1.85. The van der Waals surface area contributed by atoms with Crippen LogP contribution in [0.3, 0.4) is 0 Å². The molecule has 5 nitrogen and oxygen atoms in total. The summed E-state index contributed by atoms with van der Waals surface area (Å²) in [6, 6.07) is 18.1. The summed E-state index contributed by atoms with van der Waals surface area (Å²) in [7, 11) is 3.16. The highest BCUT2D eigenvalue weighted by molar-refractivity contribution is 6.03. The lowest BCUT2D eigenvalue weighted by Gasteiger charge is -2.35. The van der Waals surface area contributed by atoms with E-state index >= 15 is 0 Å². The number of Topliss-reactive ketones (excluding diaryl/α,β-unsaturated/α-hetero) is 1. The average molecular weight is 400 g/mol. The lowest BCUT2D eigenvalue weighted by atomic mass is 9.69. The van der Waals surface area contributed by atoms with Crippen LogP contribution < -0.4 is 9.47 Å². The molecule has 0 radical (unpaired) electrons. The predicted molar refractivity (Wildman–Crippen MR) is 115 cm³/mol. The Morgan fingerprint density at radius 2 is 1.80 bits per heavy atom. The molecule has 3 atom stereocenters. The number of nitriles is 1. The average Bonchev–Trinajstić information content (AvgIpc) is 2.77. The number of ketones is 1. The third kappa shape index (κ3) is 3.29. The van der Waals surface area contributed by atoms with Gasteiger partial charge in [-0.3, -0.25) is 9.79 Å². The number of carbonyl (C=O) groups is 1. The van der Waals surface area contributed by atoms with E-state index in [0.29, 0.717) is 29.9 Å². The summed E-state index contributed by atoms with van der Waals surface area (Å²) in [5.41, 5.74) is 4.09. The minimum Gasteiger partial charge on any atom is -0.493 e. The minimum absolute atomic E-state index is 0.0523. The van der Waals surface area contributed by atoms with Crippen molar-refractivity contribution in [2.75, 3.05) is 14.2 Å². The first-order valence-electron chi connectivity index (χ1n) is 10.1. The van der Waals surface area contributed by atoms with Crippen LogP contribution in [-0.4, -0.2) is 25.7 Å². The first kappa shape index (κ1) is 19.9. The van der Waals surface area contributed by atoms with Crippen LogP contribution in [0, 0.1) is 17.2 Å². The van der Waals surface area contributed by atoms with E-state index in [-0.39, 0.29) is 11.7 Å². The minimum atomic E-state index is -0.526. The molecular formula is C25H24N2O3. The lowest BCUT2D eigenvalue weighted by Crippen LogP contribution is -2.32. The van der Waals surface area contributed by atoms with Gasteiger partial charge in [-0.05, 0) is 30.9 Å². The van der Waals surface area contributed by atoms with Gasteiger partial charge in [-0.1, -0.05) is 42.5 Å². The third-order valence-corrected chi connectivity index (χ3v) is 6.07. The number of carbonyl (C=O) groups excluding carboxylic acids is 1. The molecule has 4 rings (SSSR count). The third-order valence-electron chi connectivity index (χ3n) is 6.07. The van der Waals surface area contributed by atoms with Gasteiger partial charge in [0.1, 0.15) is 0 Å². The van der Waals surface area contributed by atoms with Gasteiger partial charge in [0.15, 0.2) is 17.3 Å². The maximum absolute atomic E-state index is 13.4. The van der Waals surface area contributed by atoms with E-state index in [9.17, 15) is 10.1 Å². The number of allylic oxidation sites excluding steroid dienone is 2. The summed E-state index contributed by atoms with van der Waals surface area (Å²) in [6.07, 6.45) is 1.10. The Hall–Kier alpha value is -3.39. The summed E-state index contributed by atoms with van der Waals surface area (Å²) in [6.45, 7) is 1.87. The number of ether oxygens (including phenoxy) is 2. The van der Waals surface area contributed by atoms with E-state index in [1.54, 1.807) is 14.2 Å². The molecule has 0 spiro atoms. The SMILES string of the molecule is COc1cccc([C@@H]2C3=C(C[C@H](c4ccccc4)CC3=O)N=C(C)C2C#N)c1OC. The largest absolute Gasteiger partial charge is 0.493 e. The number of hydrogen-bond acceptors (Lipinski definition) is 5. The molecule has 1 aliphatic heterocycles. The van der Waals surface area contributed by atoms with Crippen molar-refractivity contribution in [3.8, 4) is 17.6 Å². The van der Waals surface area contributed by atoms with Gasteiger partial charge in [0, 0.05) is 34.9 Å². The fraction of sp³-hybridized carbons (Fsp3) is 0.320. The number of rotatable bonds is 4. The normalized spacial score (nSPS) is 23.3. The van der Waals surface area contributed by atoms with Crippen molar-refractivity contribution < 1.29 is 14.3 Å². The number of benzene rings is 2. The second kappa shape index (κ2) is 8.16. The number of hydrogen-bond donors (Lipinski definition) is 0. The molecule has 0 saturated heterocycles. The summed E-state index contributed by atoms with van der Waals surface area (Å²) in [4.78, 5) is 18.1. The van der Waals surface area contributed by atoms with Gasteiger partial charge in [0.2, 0.25) is 0 Å². The number of methoxy groups -OCH3 is 2. The Labute approximate surface area is 176 Å². The van der Waals surface area contributed by atoms with Crippen molar-refractivity contribution in [3.05, 3.63) is 70.9 Å². The van der Waals surface area contributed by atoms with E-state index in [0.717, 1.165) is 22.5 Å². The monoisotopic (exact) mass is 400 g/mol. The van der Waals surface area contributed by atoms with Crippen molar-refractivity contribution in [3.63, 3.8) is 0 Å². The zero-order valence-electron chi connectivity index (χ0n) is 17.4. The van der Waals surface area contributed by atoms with Crippen molar-refractivity contribution >= 4 is 11.5 Å². The standard InChI is InChI=1S/C25H24N2O3/c1-15-19(14-26)23(18-10-7-11-22(29-2)25(18)30-3)24-20(27-15)12-17(13-21(24)28)16-8-5-4-6-9-16/h4-11,17,19,23H,12-13H2,1-3H3/t17-,19?,23-/m0/s1. The van der Waals surface area contributed by atoms with Crippen LogP contribution in [0.15, 0.2) is 64.8 Å². The maximum atomic E-state index is 13.4. The summed E-state index contributed by atoms with van der Waals surface area (Å²) < 4.78 is 11.1. The van der Waals surface area contributed by atoms with Crippen LogP contribution in [0.1, 0.15) is 42.7 Å². The molecule has 2 aliphatic rings. The zero-order chi connectivity index (χ0) is 21.3.